The van der Waals surface area contributed by atoms with Gasteiger partial charge in [0, 0.05) is 38.1 Å². The van der Waals surface area contributed by atoms with Crippen molar-refractivity contribution in [2.24, 2.45) is 11.3 Å². The van der Waals surface area contributed by atoms with Gasteiger partial charge in [-0.3, -0.25) is 14.5 Å². The number of nitrogens with zero attached hydrogens (tertiary/aromatic N) is 2. The van der Waals surface area contributed by atoms with Crippen molar-refractivity contribution in [3.8, 4) is 0 Å². The zero-order valence-electron chi connectivity index (χ0n) is 14.9. The van der Waals surface area contributed by atoms with Crippen LogP contribution in [0, 0.1) is 17.2 Å². The Balaban J connectivity index is 1.45. The van der Waals surface area contributed by atoms with Crippen LogP contribution < -0.4 is 0 Å². The minimum atomic E-state index is -0.832. The second-order valence-electron chi connectivity index (χ2n) is 8.10. The molecular formula is C20H25FN2O3. The minimum absolute atomic E-state index is 0.00207. The van der Waals surface area contributed by atoms with Gasteiger partial charge in [-0.25, -0.2) is 4.39 Å². The number of amides is 1. The molecule has 26 heavy (non-hydrogen) atoms. The first-order valence-corrected chi connectivity index (χ1v) is 9.47. The Bertz CT molecular complexity index is 702. The number of carbonyl (C=O) groups excluding carboxylic acids is 1. The van der Waals surface area contributed by atoms with E-state index in [-0.39, 0.29) is 30.6 Å². The van der Waals surface area contributed by atoms with Gasteiger partial charge >= 0.3 is 5.97 Å². The normalized spacial score (nSPS) is 29.3. The molecule has 0 bridgehead atoms. The Labute approximate surface area is 152 Å². The SMILES string of the molecule is O=C(Cc1ccc(F)cc1)N1C[C@H]2CN(C3CCCC3)C[C@@]2(C(=O)O)C1. The Morgan fingerprint density at radius 3 is 2.42 bits per heavy atom. The largest absolute Gasteiger partial charge is 0.481 e. The lowest BCUT2D eigenvalue weighted by molar-refractivity contribution is -0.149. The fraction of sp³-hybridized carbons (Fsp3) is 0.600. The summed E-state index contributed by atoms with van der Waals surface area (Å²) < 4.78 is 13.0. The van der Waals surface area contributed by atoms with Gasteiger partial charge in [0.1, 0.15) is 11.2 Å². The molecule has 0 unspecified atom stereocenters. The van der Waals surface area contributed by atoms with Crippen molar-refractivity contribution in [1.82, 2.24) is 9.80 Å². The molecule has 1 N–H and O–H groups in total. The molecule has 1 aromatic carbocycles. The van der Waals surface area contributed by atoms with Crippen molar-refractivity contribution in [2.45, 2.75) is 38.1 Å². The molecule has 2 heterocycles. The minimum Gasteiger partial charge on any atom is -0.481 e. The van der Waals surface area contributed by atoms with Gasteiger partial charge < -0.3 is 10.0 Å². The lowest BCUT2D eigenvalue weighted by atomic mass is 9.81. The Morgan fingerprint density at radius 1 is 1.12 bits per heavy atom. The fourth-order valence-corrected chi connectivity index (χ4v) is 5.03. The standard InChI is InChI=1S/C20H25FN2O3/c21-16-7-5-14(6-8-16)9-18(24)23-11-15-10-22(17-3-1-2-4-17)12-20(15,13-23)19(25)26/h5-8,15,17H,1-4,9-13H2,(H,25,26)/t15-,20-/m1/s1. The maximum absolute atomic E-state index is 13.0. The highest BCUT2D eigenvalue weighted by atomic mass is 19.1. The summed E-state index contributed by atoms with van der Waals surface area (Å²) in [7, 11) is 0. The molecule has 0 spiro atoms. The number of benzene rings is 1. The molecule has 2 saturated heterocycles. The number of carboxylic acid groups (broad SMARTS) is 1. The topological polar surface area (TPSA) is 60.9 Å². The summed E-state index contributed by atoms with van der Waals surface area (Å²) in [5.41, 5.74) is -0.0773. The van der Waals surface area contributed by atoms with E-state index in [1.54, 1.807) is 17.0 Å². The third-order valence-corrected chi connectivity index (χ3v) is 6.52. The fourth-order valence-electron chi connectivity index (χ4n) is 5.03. The van der Waals surface area contributed by atoms with E-state index in [0.29, 0.717) is 19.1 Å². The van der Waals surface area contributed by atoms with E-state index in [9.17, 15) is 19.1 Å². The van der Waals surface area contributed by atoms with Crippen LogP contribution in [0.25, 0.3) is 0 Å². The number of hydrogen-bond acceptors (Lipinski definition) is 3. The average molecular weight is 360 g/mol. The van der Waals surface area contributed by atoms with Crippen molar-refractivity contribution in [3.63, 3.8) is 0 Å². The van der Waals surface area contributed by atoms with Crippen molar-refractivity contribution in [1.29, 1.82) is 0 Å². The number of aliphatic carboxylic acids is 1. The van der Waals surface area contributed by atoms with Crippen LogP contribution in [0.15, 0.2) is 24.3 Å². The summed E-state index contributed by atoms with van der Waals surface area (Å²) in [4.78, 5) is 28.8. The van der Waals surface area contributed by atoms with Crippen molar-refractivity contribution in [3.05, 3.63) is 35.6 Å². The Morgan fingerprint density at radius 2 is 1.81 bits per heavy atom. The quantitative estimate of drug-likeness (QED) is 0.894. The van der Waals surface area contributed by atoms with E-state index in [4.69, 9.17) is 0 Å². The van der Waals surface area contributed by atoms with Gasteiger partial charge in [-0.2, -0.15) is 0 Å². The molecule has 140 valence electrons. The first-order chi connectivity index (χ1) is 12.5. The number of hydrogen-bond donors (Lipinski definition) is 1. The molecule has 0 aromatic heterocycles. The zero-order chi connectivity index (χ0) is 18.3. The average Bonchev–Trinajstić information content (AvgIpc) is 3.30. The number of carboxylic acids is 1. The Hall–Kier alpha value is -1.95. The monoisotopic (exact) mass is 360 g/mol. The first-order valence-electron chi connectivity index (χ1n) is 9.47. The highest BCUT2D eigenvalue weighted by Crippen LogP contribution is 2.45. The van der Waals surface area contributed by atoms with Crippen LogP contribution in [0.3, 0.4) is 0 Å². The predicted molar refractivity (Wildman–Crippen MR) is 94.1 cm³/mol. The number of rotatable bonds is 4. The highest BCUT2D eigenvalue weighted by molar-refractivity contribution is 5.83. The molecule has 3 fully saturated rings. The number of halogens is 1. The molecular weight excluding hydrogens is 335 g/mol. The molecule has 6 heteroatoms. The predicted octanol–water partition coefficient (Wildman–Crippen LogP) is 2.16. The molecule has 1 amide bonds. The molecule has 4 rings (SSSR count). The summed E-state index contributed by atoms with van der Waals surface area (Å²) >= 11 is 0. The second-order valence-corrected chi connectivity index (χ2v) is 8.10. The third kappa shape index (κ3) is 3.00. The van der Waals surface area contributed by atoms with Crippen molar-refractivity contribution < 1.29 is 19.1 Å². The third-order valence-electron chi connectivity index (χ3n) is 6.52. The van der Waals surface area contributed by atoms with Gasteiger partial charge in [-0.05, 0) is 30.5 Å². The number of fused-ring (bicyclic) bond motifs is 1. The summed E-state index contributed by atoms with van der Waals surface area (Å²) in [5.74, 6) is -1.18. The van der Waals surface area contributed by atoms with Gasteiger partial charge in [0.05, 0.1) is 6.42 Å². The number of carbonyl (C=O) groups is 2. The lowest BCUT2D eigenvalue weighted by Gasteiger charge is -2.28. The van der Waals surface area contributed by atoms with Gasteiger partial charge in [0.15, 0.2) is 0 Å². The van der Waals surface area contributed by atoms with Crippen LogP contribution in [0.2, 0.25) is 0 Å². The van der Waals surface area contributed by atoms with Crippen molar-refractivity contribution in [2.75, 3.05) is 26.2 Å². The van der Waals surface area contributed by atoms with Crippen LogP contribution >= 0.6 is 0 Å². The van der Waals surface area contributed by atoms with Crippen molar-refractivity contribution >= 4 is 11.9 Å². The molecule has 2 atom stereocenters. The summed E-state index contributed by atoms with van der Waals surface area (Å²) in [6, 6.07) is 6.43. The molecule has 1 saturated carbocycles. The van der Waals surface area contributed by atoms with Crippen LogP contribution in [-0.4, -0.2) is 59.0 Å². The molecule has 0 radical (unpaired) electrons. The van der Waals surface area contributed by atoms with Gasteiger partial charge in [-0.1, -0.05) is 25.0 Å². The van der Waals surface area contributed by atoms with E-state index < -0.39 is 11.4 Å². The van der Waals surface area contributed by atoms with Gasteiger partial charge in [-0.15, -0.1) is 0 Å². The highest BCUT2D eigenvalue weighted by Gasteiger charge is 2.59. The second kappa shape index (κ2) is 6.65. The summed E-state index contributed by atoms with van der Waals surface area (Å²) in [6.07, 6.45) is 4.97. The van der Waals surface area contributed by atoms with E-state index in [1.165, 1.54) is 25.0 Å². The van der Waals surface area contributed by atoms with Gasteiger partial charge in [0.25, 0.3) is 0 Å². The van der Waals surface area contributed by atoms with Crippen LogP contribution in [0.1, 0.15) is 31.2 Å². The first kappa shape index (κ1) is 17.5. The molecule has 3 aliphatic rings. The maximum atomic E-state index is 13.0. The molecule has 2 aliphatic heterocycles. The molecule has 1 aliphatic carbocycles. The van der Waals surface area contributed by atoms with Crippen LogP contribution in [-0.2, 0) is 16.0 Å². The molecule has 1 aromatic rings. The smallest absolute Gasteiger partial charge is 0.313 e. The number of likely N-dealkylation sites (tertiary alicyclic amines) is 2. The maximum Gasteiger partial charge on any atom is 0.313 e. The summed E-state index contributed by atoms with van der Waals surface area (Å²) in [6.45, 7) is 2.13. The molecule has 5 nitrogen and oxygen atoms in total. The zero-order valence-corrected chi connectivity index (χ0v) is 14.9. The van der Waals surface area contributed by atoms with E-state index in [2.05, 4.69) is 4.90 Å². The van der Waals surface area contributed by atoms with Crippen LogP contribution in [0.5, 0.6) is 0 Å². The van der Waals surface area contributed by atoms with E-state index in [1.807, 2.05) is 0 Å². The summed E-state index contributed by atoms with van der Waals surface area (Å²) in [5, 5.41) is 9.95. The van der Waals surface area contributed by atoms with E-state index >= 15 is 0 Å². The lowest BCUT2D eigenvalue weighted by Crippen LogP contribution is -2.43. The van der Waals surface area contributed by atoms with Gasteiger partial charge in [0.2, 0.25) is 5.91 Å². The Kier molecular flexibility index (Phi) is 4.47. The van der Waals surface area contributed by atoms with Crippen LogP contribution in [0.4, 0.5) is 4.39 Å². The van der Waals surface area contributed by atoms with E-state index in [0.717, 1.165) is 24.9 Å².